The predicted octanol–water partition coefficient (Wildman–Crippen LogP) is 1.86. The number of halogens is 3. The second-order valence-corrected chi connectivity index (χ2v) is 5.94. The minimum Gasteiger partial charge on any atom is -0.356 e. The van der Waals surface area contributed by atoms with E-state index in [1.807, 2.05) is 20.2 Å². The van der Waals surface area contributed by atoms with Gasteiger partial charge in [0.15, 0.2) is 11.8 Å². The Balaban J connectivity index is 2.57. The second kappa shape index (κ2) is 9.64. The van der Waals surface area contributed by atoms with Gasteiger partial charge < -0.3 is 15.2 Å². The van der Waals surface area contributed by atoms with E-state index in [4.69, 9.17) is 0 Å². The van der Waals surface area contributed by atoms with Gasteiger partial charge in [-0.15, -0.1) is 10.2 Å². The van der Waals surface area contributed by atoms with Crippen molar-refractivity contribution in [3.63, 3.8) is 0 Å². The zero-order valence-corrected chi connectivity index (χ0v) is 14.4. The van der Waals surface area contributed by atoms with Gasteiger partial charge in [-0.05, 0) is 25.4 Å². The lowest BCUT2D eigenvalue weighted by atomic mass is 10.4. The van der Waals surface area contributed by atoms with Crippen molar-refractivity contribution in [2.45, 2.75) is 32.5 Å². The maximum atomic E-state index is 12.2. The number of aryl methyl sites for hydroxylation is 1. The van der Waals surface area contributed by atoms with E-state index in [-0.39, 0.29) is 13.1 Å². The van der Waals surface area contributed by atoms with Crippen molar-refractivity contribution < 1.29 is 13.2 Å². The fraction of sp³-hybridized carbons (Fsp3) is 0.769. The molecule has 1 aromatic rings. The van der Waals surface area contributed by atoms with Crippen LogP contribution in [0.2, 0.25) is 0 Å². The number of hydrogen-bond donors (Lipinski definition) is 2. The van der Waals surface area contributed by atoms with E-state index in [0.29, 0.717) is 18.3 Å². The molecular formula is C13H23F3N6S. The summed E-state index contributed by atoms with van der Waals surface area (Å²) >= 11 is 1.72. The Bertz CT molecular complexity index is 500. The van der Waals surface area contributed by atoms with Crippen LogP contribution in [-0.4, -0.2) is 52.0 Å². The lowest BCUT2D eigenvalue weighted by Crippen LogP contribution is -2.39. The summed E-state index contributed by atoms with van der Waals surface area (Å²) in [5, 5.41) is 13.7. The highest BCUT2D eigenvalue weighted by molar-refractivity contribution is 7.98. The number of guanidine groups is 1. The van der Waals surface area contributed by atoms with Crippen LogP contribution in [0.15, 0.2) is 4.99 Å². The third-order valence-electron chi connectivity index (χ3n) is 3.08. The van der Waals surface area contributed by atoms with E-state index in [1.165, 1.54) is 0 Å². The fourth-order valence-electron chi connectivity index (χ4n) is 1.66. The average Bonchev–Trinajstić information content (AvgIpc) is 2.79. The van der Waals surface area contributed by atoms with Crippen molar-refractivity contribution >= 4 is 17.7 Å². The molecule has 1 aromatic heterocycles. The molecule has 0 aliphatic carbocycles. The number of nitrogens with one attached hydrogen (secondary N) is 2. The number of alkyl halides is 3. The van der Waals surface area contributed by atoms with Gasteiger partial charge in [0, 0.05) is 20.1 Å². The Labute approximate surface area is 138 Å². The van der Waals surface area contributed by atoms with Crippen LogP contribution < -0.4 is 10.6 Å². The van der Waals surface area contributed by atoms with Crippen molar-refractivity contribution in [1.82, 2.24) is 25.4 Å². The molecule has 0 aliphatic heterocycles. The molecular weight excluding hydrogens is 329 g/mol. The van der Waals surface area contributed by atoms with Gasteiger partial charge in [-0.2, -0.15) is 24.9 Å². The number of aromatic nitrogens is 3. The predicted molar refractivity (Wildman–Crippen MR) is 86.6 cm³/mol. The van der Waals surface area contributed by atoms with Crippen LogP contribution in [0.25, 0.3) is 0 Å². The summed E-state index contributed by atoms with van der Waals surface area (Å²) in [5.41, 5.74) is 0. The standard InChI is InChI=1S/C13H23F3N6S/c1-10-20-21-11(22(10)2)9-19-12(17-6-4-8-23-3)18-7-5-13(14,15)16/h4-9H2,1-3H3,(H2,17,18,19). The highest BCUT2D eigenvalue weighted by Gasteiger charge is 2.26. The number of aliphatic imine (C=N–C) groups is 1. The van der Waals surface area contributed by atoms with Crippen LogP contribution in [0.3, 0.4) is 0 Å². The normalized spacial score (nSPS) is 12.5. The van der Waals surface area contributed by atoms with E-state index in [1.54, 1.807) is 16.3 Å². The van der Waals surface area contributed by atoms with Crippen molar-refractivity contribution in [3.8, 4) is 0 Å². The quantitative estimate of drug-likeness (QED) is 0.425. The molecule has 0 aromatic carbocycles. The molecule has 0 bridgehead atoms. The summed E-state index contributed by atoms with van der Waals surface area (Å²) in [6, 6.07) is 0. The molecule has 0 atom stereocenters. The first kappa shape index (κ1) is 19.6. The van der Waals surface area contributed by atoms with Gasteiger partial charge in [-0.25, -0.2) is 4.99 Å². The van der Waals surface area contributed by atoms with Gasteiger partial charge in [-0.3, -0.25) is 0 Å². The maximum absolute atomic E-state index is 12.2. The fourth-order valence-corrected chi connectivity index (χ4v) is 2.09. The first-order valence-corrected chi connectivity index (χ1v) is 8.65. The minimum atomic E-state index is -4.18. The molecule has 0 unspecified atom stereocenters. The van der Waals surface area contributed by atoms with Gasteiger partial charge >= 0.3 is 6.18 Å². The Hall–Kier alpha value is -1.45. The summed E-state index contributed by atoms with van der Waals surface area (Å²) in [7, 11) is 1.82. The smallest absolute Gasteiger partial charge is 0.356 e. The molecule has 0 radical (unpaired) electrons. The highest BCUT2D eigenvalue weighted by Crippen LogP contribution is 2.18. The Kier molecular flexibility index (Phi) is 8.21. The lowest BCUT2D eigenvalue weighted by molar-refractivity contribution is -0.132. The topological polar surface area (TPSA) is 67.1 Å². The maximum Gasteiger partial charge on any atom is 0.390 e. The van der Waals surface area contributed by atoms with Gasteiger partial charge in [-0.1, -0.05) is 0 Å². The molecule has 0 amide bonds. The van der Waals surface area contributed by atoms with Crippen LogP contribution in [0.5, 0.6) is 0 Å². The lowest BCUT2D eigenvalue weighted by Gasteiger charge is -2.13. The van der Waals surface area contributed by atoms with Crippen molar-refractivity contribution in [3.05, 3.63) is 11.6 Å². The SMILES string of the molecule is CSCCCNC(=NCc1nnc(C)n1C)NCCC(F)(F)F. The number of hydrogen-bond acceptors (Lipinski definition) is 4. The zero-order valence-electron chi connectivity index (χ0n) is 13.6. The summed E-state index contributed by atoms with van der Waals surface area (Å²) in [5.74, 6) is 2.75. The first-order chi connectivity index (χ1) is 10.8. The monoisotopic (exact) mass is 352 g/mol. The molecule has 10 heteroatoms. The second-order valence-electron chi connectivity index (χ2n) is 4.95. The Morgan fingerprint density at radius 2 is 1.96 bits per heavy atom. The van der Waals surface area contributed by atoms with Gasteiger partial charge in [0.25, 0.3) is 0 Å². The summed E-state index contributed by atoms with van der Waals surface area (Å²) in [6.45, 7) is 2.51. The van der Waals surface area contributed by atoms with E-state index < -0.39 is 12.6 Å². The molecule has 0 saturated carbocycles. The number of thioether (sulfide) groups is 1. The number of rotatable bonds is 8. The van der Waals surface area contributed by atoms with Crippen LogP contribution in [0.4, 0.5) is 13.2 Å². The van der Waals surface area contributed by atoms with Crippen molar-refractivity contribution in [1.29, 1.82) is 0 Å². The summed E-state index contributed by atoms with van der Waals surface area (Å²) in [4.78, 5) is 4.28. The zero-order chi connectivity index (χ0) is 17.3. The van der Waals surface area contributed by atoms with Gasteiger partial charge in [0.05, 0.1) is 6.42 Å². The molecule has 0 aliphatic rings. The molecule has 0 spiro atoms. The summed E-state index contributed by atoms with van der Waals surface area (Å²) < 4.78 is 38.5. The third kappa shape index (κ3) is 8.10. The van der Waals surface area contributed by atoms with Crippen LogP contribution in [0.1, 0.15) is 24.5 Å². The minimum absolute atomic E-state index is 0.213. The van der Waals surface area contributed by atoms with E-state index >= 15 is 0 Å². The molecule has 6 nitrogen and oxygen atoms in total. The molecule has 1 rings (SSSR count). The van der Waals surface area contributed by atoms with Crippen LogP contribution in [-0.2, 0) is 13.6 Å². The largest absolute Gasteiger partial charge is 0.390 e. The van der Waals surface area contributed by atoms with Crippen molar-refractivity contribution in [2.24, 2.45) is 12.0 Å². The third-order valence-corrected chi connectivity index (χ3v) is 3.78. The van der Waals surface area contributed by atoms with Gasteiger partial charge in [0.1, 0.15) is 12.4 Å². The number of nitrogens with zero attached hydrogens (tertiary/aromatic N) is 4. The first-order valence-electron chi connectivity index (χ1n) is 7.26. The van der Waals surface area contributed by atoms with Crippen LogP contribution >= 0.6 is 11.8 Å². The Morgan fingerprint density at radius 1 is 1.26 bits per heavy atom. The molecule has 23 heavy (non-hydrogen) atoms. The highest BCUT2D eigenvalue weighted by atomic mass is 32.2. The van der Waals surface area contributed by atoms with Crippen molar-refractivity contribution in [2.75, 3.05) is 25.1 Å². The molecule has 0 saturated heterocycles. The summed E-state index contributed by atoms with van der Waals surface area (Å²) in [6.07, 6.45) is -2.17. The average molecular weight is 352 g/mol. The molecule has 132 valence electrons. The molecule has 0 fully saturated rings. The Morgan fingerprint density at radius 3 is 2.52 bits per heavy atom. The van der Waals surface area contributed by atoms with E-state index in [2.05, 4.69) is 25.8 Å². The van der Waals surface area contributed by atoms with Crippen LogP contribution in [0, 0.1) is 6.92 Å². The van der Waals surface area contributed by atoms with Gasteiger partial charge in [0.2, 0.25) is 0 Å². The van der Waals surface area contributed by atoms with E-state index in [9.17, 15) is 13.2 Å². The van der Waals surface area contributed by atoms with E-state index in [0.717, 1.165) is 18.0 Å². The molecule has 2 N–H and O–H groups in total. The molecule has 1 heterocycles.